The monoisotopic (exact) mass is 266 g/mol. The maximum Gasteiger partial charge on any atom is 0.222 e. The number of hydrogen-bond donors (Lipinski definition) is 1. The number of benzene rings is 1. The Morgan fingerprint density at radius 3 is 2.67 bits per heavy atom. The van der Waals surface area contributed by atoms with Crippen LogP contribution in [0, 0.1) is 13.8 Å². The van der Waals surface area contributed by atoms with E-state index in [2.05, 4.69) is 28.0 Å². The predicted octanol–water partition coefficient (Wildman–Crippen LogP) is 3.30. The van der Waals surface area contributed by atoms with E-state index in [9.17, 15) is 0 Å². The highest BCUT2D eigenvalue weighted by Crippen LogP contribution is 2.30. The number of hydrogen-bond acceptors (Lipinski definition) is 3. The van der Waals surface area contributed by atoms with Crippen LogP contribution < -0.4 is 5.73 Å². The first-order valence-electron chi connectivity index (χ1n) is 4.58. The van der Waals surface area contributed by atoms with Crippen molar-refractivity contribution >= 4 is 21.8 Å². The molecule has 0 saturated heterocycles. The highest BCUT2D eigenvalue weighted by Gasteiger charge is 2.10. The van der Waals surface area contributed by atoms with Gasteiger partial charge in [0.2, 0.25) is 5.88 Å². The molecule has 0 bridgehead atoms. The molecule has 0 spiro atoms. The van der Waals surface area contributed by atoms with Crippen molar-refractivity contribution in [3.05, 3.63) is 33.8 Å². The molecule has 0 saturated carbocycles. The third-order valence-electron chi connectivity index (χ3n) is 2.38. The van der Waals surface area contributed by atoms with E-state index in [4.69, 9.17) is 10.3 Å². The molecule has 15 heavy (non-hydrogen) atoms. The van der Waals surface area contributed by atoms with Gasteiger partial charge in [0.15, 0.2) is 0 Å². The molecule has 0 amide bonds. The van der Waals surface area contributed by atoms with Gasteiger partial charge in [0, 0.05) is 16.1 Å². The summed E-state index contributed by atoms with van der Waals surface area (Å²) in [5, 5.41) is 3.90. The Labute approximate surface area is 96.4 Å². The quantitative estimate of drug-likeness (QED) is 0.862. The van der Waals surface area contributed by atoms with Crippen LogP contribution in [0.15, 0.2) is 27.2 Å². The second kappa shape index (κ2) is 3.70. The lowest BCUT2D eigenvalue weighted by Gasteiger charge is -2.06. The van der Waals surface area contributed by atoms with Crippen molar-refractivity contribution in [2.24, 2.45) is 0 Å². The van der Waals surface area contributed by atoms with Gasteiger partial charge in [0.05, 0.1) is 0 Å². The van der Waals surface area contributed by atoms with Gasteiger partial charge in [0.1, 0.15) is 5.69 Å². The van der Waals surface area contributed by atoms with Crippen molar-refractivity contribution in [3.8, 4) is 11.3 Å². The summed E-state index contributed by atoms with van der Waals surface area (Å²) in [6.45, 7) is 4.09. The molecule has 0 aliphatic rings. The molecule has 1 aromatic carbocycles. The van der Waals surface area contributed by atoms with Gasteiger partial charge < -0.3 is 10.3 Å². The van der Waals surface area contributed by atoms with Crippen molar-refractivity contribution in [1.29, 1.82) is 0 Å². The zero-order valence-corrected chi connectivity index (χ0v) is 10.1. The maximum atomic E-state index is 5.49. The Kier molecular flexibility index (Phi) is 2.52. The number of aryl methyl sites for hydroxylation is 1. The first-order valence-corrected chi connectivity index (χ1v) is 5.37. The van der Waals surface area contributed by atoms with Gasteiger partial charge in [-0.2, -0.15) is 0 Å². The number of aromatic nitrogens is 1. The fraction of sp³-hybridized carbons (Fsp3) is 0.182. The van der Waals surface area contributed by atoms with Crippen molar-refractivity contribution in [2.45, 2.75) is 13.8 Å². The summed E-state index contributed by atoms with van der Waals surface area (Å²) in [5.74, 6) is 0.334. The van der Waals surface area contributed by atoms with Gasteiger partial charge in [-0.3, -0.25) is 0 Å². The Morgan fingerprint density at radius 1 is 1.33 bits per heavy atom. The first-order chi connectivity index (χ1) is 7.09. The van der Waals surface area contributed by atoms with Gasteiger partial charge in [-0.05, 0) is 25.0 Å². The van der Waals surface area contributed by atoms with Crippen LogP contribution in [0.3, 0.4) is 0 Å². The second-order valence-electron chi connectivity index (χ2n) is 3.48. The number of halogens is 1. The summed E-state index contributed by atoms with van der Waals surface area (Å²) < 4.78 is 5.96. The second-order valence-corrected chi connectivity index (χ2v) is 4.28. The Balaban J connectivity index is 2.59. The molecule has 2 aromatic rings. The van der Waals surface area contributed by atoms with Gasteiger partial charge in [-0.1, -0.05) is 33.2 Å². The lowest BCUT2D eigenvalue weighted by molar-refractivity contribution is 0.439. The number of anilines is 1. The minimum Gasteiger partial charge on any atom is -0.368 e. The average Bonchev–Trinajstić information content (AvgIpc) is 2.61. The minimum absolute atomic E-state index is 0.334. The highest BCUT2D eigenvalue weighted by molar-refractivity contribution is 9.10. The smallest absolute Gasteiger partial charge is 0.222 e. The molecule has 2 rings (SSSR count). The summed E-state index contributed by atoms with van der Waals surface area (Å²) in [7, 11) is 0. The Morgan fingerprint density at radius 2 is 2.07 bits per heavy atom. The van der Waals surface area contributed by atoms with Crippen LogP contribution in [0.5, 0.6) is 0 Å². The molecular formula is C11H11BrN2O. The molecule has 0 atom stereocenters. The Hall–Kier alpha value is -1.29. The molecule has 3 nitrogen and oxygen atoms in total. The van der Waals surface area contributed by atoms with E-state index in [1.165, 1.54) is 5.56 Å². The zero-order valence-electron chi connectivity index (χ0n) is 8.54. The fourth-order valence-corrected chi connectivity index (χ4v) is 1.86. The predicted molar refractivity (Wildman–Crippen MR) is 63.5 cm³/mol. The van der Waals surface area contributed by atoms with E-state index in [0.717, 1.165) is 21.3 Å². The SMILES string of the molecule is Cc1ccc(-c2cc(N)on2)c(C)c1Br. The summed E-state index contributed by atoms with van der Waals surface area (Å²) in [4.78, 5) is 0. The van der Waals surface area contributed by atoms with Crippen LogP contribution in [-0.4, -0.2) is 5.16 Å². The lowest BCUT2D eigenvalue weighted by atomic mass is 10.0. The van der Waals surface area contributed by atoms with E-state index in [1.807, 2.05) is 19.1 Å². The van der Waals surface area contributed by atoms with Gasteiger partial charge >= 0.3 is 0 Å². The van der Waals surface area contributed by atoms with Crippen LogP contribution in [0.4, 0.5) is 5.88 Å². The maximum absolute atomic E-state index is 5.49. The molecule has 0 fully saturated rings. The van der Waals surface area contributed by atoms with Crippen molar-refractivity contribution in [1.82, 2.24) is 5.16 Å². The molecule has 78 valence electrons. The van der Waals surface area contributed by atoms with E-state index < -0.39 is 0 Å². The van der Waals surface area contributed by atoms with Gasteiger partial charge in [-0.15, -0.1) is 0 Å². The Bertz CT molecular complexity index is 505. The number of nitrogens with two attached hydrogens (primary N) is 1. The third kappa shape index (κ3) is 1.77. The zero-order chi connectivity index (χ0) is 11.0. The highest BCUT2D eigenvalue weighted by atomic mass is 79.9. The number of nitrogen functional groups attached to an aromatic ring is 1. The number of nitrogens with zero attached hydrogens (tertiary/aromatic N) is 1. The van der Waals surface area contributed by atoms with Crippen LogP contribution in [0.2, 0.25) is 0 Å². The molecule has 0 unspecified atom stereocenters. The normalized spacial score (nSPS) is 10.6. The van der Waals surface area contributed by atoms with E-state index in [-0.39, 0.29) is 0 Å². The average molecular weight is 267 g/mol. The summed E-state index contributed by atoms with van der Waals surface area (Å²) in [6, 6.07) is 5.79. The van der Waals surface area contributed by atoms with Crippen LogP contribution in [-0.2, 0) is 0 Å². The van der Waals surface area contributed by atoms with Crippen LogP contribution in [0.1, 0.15) is 11.1 Å². The van der Waals surface area contributed by atoms with Gasteiger partial charge in [-0.25, -0.2) is 0 Å². The van der Waals surface area contributed by atoms with Crippen LogP contribution >= 0.6 is 15.9 Å². The van der Waals surface area contributed by atoms with Crippen molar-refractivity contribution < 1.29 is 4.52 Å². The molecule has 1 heterocycles. The topological polar surface area (TPSA) is 52.0 Å². The van der Waals surface area contributed by atoms with Crippen LogP contribution in [0.25, 0.3) is 11.3 Å². The molecule has 0 radical (unpaired) electrons. The third-order valence-corrected chi connectivity index (χ3v) is 3.60. The molecular weight excluding hydrogens is 256 g/mol. The standard InChI is InChI=1S/C11H11BrN2O/c1-6-3-4-8(7(2)11(6)12)9-5-10(13)15-14-9/h3-5H,13H2,1-2H3. The molecule has 1 aromatic heterocycles. The summed E-state index contributed by atoms with van der Waals surface area (Å²) in [5.41, 5.74) is 9.64. The largest absolute Gasteiger partial charge is 0.368 e. The molecule has 0 aliphatic carbocycles. The van der Waals surface area contributed by atoms with E-state index >= 15 is 0 Å². The van der Waals surface area contributed by atoms with E-state index in [1.54, 1.807) is 6.07 Å². The lowest BCUT2D eigenvalue weighted by Crippen LogP contribution is -1.87. The van der Waals surface area contributed by atoms with Crippen molar-refractivity contribution in [3.63, 3.8) is 0 Å². The minimum atomic E-state index is 0.334. The molecule has 0 aliphatic heterocycles. The van der Waals surface area contributed by atoms with Crippen molar-refractivity contribution in [2.75, 3.05) is 5.73 Å². The van der Waals surface area contributed by atoms with Gasteiger partial charge in [0.25, 0.3) is 0 Å². The summed E-state index contributed by atoms with van der Waals surface area (Å²) in [6.07, 6.45) is 0. The fourth-order valence-electron chi connectivity index (χ4n) is 1.51. The van der Waals surface area contributed by atoms with E-state index in [0.29, 0.717) is 5.88 Å². The first kappa shape index (κ1) is 10.2. The summed E-state index contributed by atoms with van der Waals surface area (Å²) >= 11 is 3.54. The molecule has 4 heteroatoms. The molecule has 2 N–H and O–H groups in total. The number of rotatable bonds is 1.